The molecule has 0 radical (unpaired) electrons. The van der Waals surface area contributed by atoms with Crippen LogP contribution in [0.3, 0.4) is 0 Å². The van der Waals surface area contributed by atoms with Gasteiger partial charge in [-0.05, 0) is 50.5 Å². The molecule has 4 nitrogen and oxygen atoms in total. The number of hydrogen-bond donors (Lipinski definition) is 1. The number of nitrogens with one attached hydrogen (secondary N) is 1. The second-order valence-corrected chi connectivity index (χ2v) is 5.12. The first-order chi connectivity index (χ1) is 9.56. The highest BCUT2D eigenvalue weighted by molar-refractivity contribution is 6.30. The lowest BCUT2D eigenvalue weighted by atomic mass is 10.1. The lowest BCUT2D eigenvalue weighted by Crippen LogP contribution is -3.12. The van der Waals surface area contributed by atoms with Gasteiger partial charge in [0, 0.05) is 11.0 Å². The van der Waals surface area contributed by atoms with Gasteiger partial charge in [0.2, 0.25) is 0 Å². The van der Waals surface area contributed by atoms with Crippen LogP contribution in [0.15, 0.2) is 18.2 Å². The number of aryl methyl sites for hydroxylation is 1. The molecule has 0 aromatic heterocycles. The van der Waals surface area contributed by atoms with E-state index in [0.717, 1.165) is 25.2 Å². The summed E-state index contributed by atoms with van der Waals surface area (Å²) < 4.78 is 5.77. The number of quaternary nitrogens is 1. The zero-order chi connectivity index (χ0) is 15.0. The predicted molar refractivity (Wildman–Crippen MR) is 77.2 cm³/mol. The highest BCUT2D eigenvalue weighted by Crippen LogP contribution is 2.24. The molecule has 1 aromatic rings. The van der Waals surface area contributed by atoms with Gasteiger partial charge in [0.1, 0.15) is 18.9 Å². The van der Waals surface area contributed by atoms with Crippen molar-refractivity contribution in [3.8, 4) is 5.75 Å². The van der Waals surface area contributed by atoms with Gasteiger partial charge in [-0.15, -0.1) is 0 Å². The Morgan fingerprint density at radius 1 is 1.35 bits per heavy atom. The predicted octanol–water partition coefficient (Wildman–Crippen LogP) is 0.326. The van der Waals surface area contributed by atoms with Crippen LogP contribution >= 0.6 is 11.6 Å². The van der Waals surface area contributed by atoms with E-state index in [-0.39, 0.29) is 6.42 Å². The van der Waals surface area contributed by atoms with Crippen LogP contribution in [-0.4, -0.2) is 32.2 Å². The molecule has 1 rings (SSSR count). The molecule has 0 amide bonds. The van der Waals surface area contributed by atoms with Gasteiger partial charge in [-0.1, -0.05) is 11.6 Å². The van der Waals surface area contributed by atoms with Gasteiger partial charge >= 0.3 is 0 Å². The van der Waals surface area contributed by atoms with E-state index in [1.165, 1.54) is 4.90 Å². The Kier molecular flexibility index (Phi) is 7.41. The summed E-state index contributed by atoms with van der Waals surface area (Å²) in [5, 5.41) is 11.1. The molecular formula is C15H22ClNO3. The van der Waals surface area contributed by atoms with Crippen molar-refractivity contribution >= 4 is 17.6 Å². The number of aliphatic carboxylic acids is 1. The number of carboxylic acid groups (broad SMARTS) is 1. The van der Waals surface area contributed by atoms with E-state index in [9.17, 15) is 9.90 Å². The lowest BCUT2D eigenvalue weighted by Gasteiger charge is -2.17. The van der Waals surface area contributed by atoms with Crippen LogP contribution in [0, 0.1) is 0 Å². The fourth-order valence-electron chi connectivity index (χ4n) is 2.03. The van der Waals surface area contributed by atoms with Crippen molar-refractivity contribution in [3.63, 3.8) is 0 Å². The Hall–Kier alpha value is -1.26. The minimum Gasteiger partial charge on any atom is -0.550 e. The molecule has 1 N–H and O–H groups in total. The molecule has 0 saturated heterocycles. The lowest BCUT2D eigenvalue weighted by molar-refractivity contribution is -0.896. The molecule has 0 spiro atoms. The fourth-order valence-corrected chi connectivity index (χ4v) is 2.22. The molecule has 0 saturated carbocycles. The number of ether oxygens (including phenoxy) is 1. The Balaban J connectivity index is 2.61. The molecule has 1 aromatic carbocycles. The van der Waals surface area contributed by atoms with Crippen LogP contribution in [0.2, 0.25) is 5.02 Å². The van der Waals surface area contributed by atoms with Gasteiger partial charge in [-0.2, -0.15) is 0 Å². The monoisotopic (exact) mass is 299 g/mol. The molecule has 0 bridgehead atoms. The third-order valence-corrected chi connectivity index (χ3v) is 3.57. The van der Waals surface area contributed by atoms with Crippen LogP contribution in [0.4, 0.5) is 0 Å². The fraction of sp³-hybridized carbons (Fsp3) is 0.533. The number of likely N-dealkylation sites (N-methyl/N-ethyl adjacent to an activating group) is 1. The van der Waals surface area contributed by atoms with Gasteiger partial charge in [0.15, 0.2) is 0 Å². The normalized spacial score (nSPS) is 10.8. The summed E-state index contributed by atoms with van der Waals surface area (Å²) >= 11 is 5.94. The van der Waals surface area contributed by atoms with Crippen molar-refractivity contribution in [2.75, 3.05) is 26.2 Å². The quantitative estimate of drug-likeness (QED) is 0.715. The highest BCUT2D eigenvalue weighted by Gasteiger charge is 2.07. The SMILES string of the molecule is CC[NH+](CC)CCOc1ccc(Cl)cc1CCC(=O)[O-]. The summed E-state index contributed by atoms with van der Waals surface area (Å²) in [5.74, 6) is -0.356. The number of carbonyl (C=O) groups excluding carboxylic acids is 1. The highest BCUT2D eigenvalue weighted by atomic mass is 35.5. The van der Waals surface area contributed by atoms with E-state index in [1.807, 2.05) is 0 Å². The van der Waals surface area contributed by atoms with Crippen molar-refractivity contribution < 1.29 is 19.5 Å². The van der Waals surface area contributed by atoms with Crippen molar-refractivity contribution in [3.05, 3.63) is 28.8 Å². The second kappa shape index (κ2) is 8.82. The Morgan fingerprint density at radius 2 is 2.05 bits per heavy atom. The number of rotatable bonds is 9. The first kappa shape index (κ1) is 16.8. The van der Waals surface area contributed by atoms with Crippen LogP contribution in [0.5, 0.6) is 5.75 Å². The van der Waals surface area contributed by atoms with Gasteiger partial charge in [0.05, 0.1) is 13.1 Å². The van der Waals surface area contributed by atoms with Crippen molar-refractivity contribution in [2.45, 2.75) is 26.7 Å². The second-order valence-electron chi connectivity index (χ2n) is 4.68. The molecule has 0 unspecified atom stereocenters. The molecule has 0 aliphatic heterocycles. The third kappa shape index (κ3) is 5.80. The maximum Gasteiger partial charge on any atom is 0.137 e. The molecule has 5 heteroatoms. The van der Waals surface area contributed by atoms with E-state index in [1.54, 1.807) is 18.2 Å². The first-order valence-corrected chi connectivity index (χ1v) is 7.39. The van der Waals surface area contributed by atoms with Crippen molar-refractivity contribution in [1.29, 1.82) is 0 Å². The summed E-state index contributed by atoms with van der Waals surface area (Å²) in [4.78, 5) is 12.0. The first-order valence-electron chi connectivity index (χ1n) is 7.01. The number of hydrogen-bond acceptors (Lipinski definition) is 3. The molecule has 0 aliphatic carbocycles. The van der Waals surface area contributed by atoms with E-state index >= 15 is 0 Å². The van der Waals surface area contributed by atoms with E-state index in [0.29, 0.717) is 23.8 Å². The summed E-state index contributed by atoms with van der Waals surface area (Å²) in [5.41, 5.74) is 0.816. The molecule has 0 heterocycles. The molecular weight excluding hydrogens is 278 g/mol. The van der Waals surface area contributed by atoms with Gasteiger partial charge in [0.25, 0.3) is 0 Å². The number of benzene rings is 1. The maximum atomic E-state index is 10.6. The van der Waals surface area contributed by atoms with E-state index in [4.69, 9.17) is 16.3 Å². The molecule has 20 heavy (non-hydrogen) atoms. The summed E-state index contributed by atoms with van der Waals surface area (Å²) in [6.07, 6.45) is 0.342. The summed E-state index contributed by atoms with van der Waals surface area (Å²) in [7, 11) is 0. The van der Waals surface area contributed by atoms with Crippen LogP contribution < -0.4 is 14.7 Å². The smallest absolute Gasteiger partial charge is 0.137 e. The van der Waals surface area contributed by atoms with Crippen LogP contribution in [0.1, 0.15) is 25.8 Å². The number of halogens is 1. The Morgan fingerprint density at radius 3 is 2.65 bits per heavy atom. The van der Waals surface area contributed by atoms with Crippen LogP contribution in [0.25, 0.3) is 0 Å². The minimum absolute atomic E-state index is 0.0298. The third-order valence-electron chi connectivity index (χ3n) is 3.33. The number of carbonyl (C=O) groups is 1. The number of carboxylic acids is 1. The van der Waals surface area contributed by atoms with Gasteiger partial charge in [-0.3, -0.25) is 0 Å². The minimum atomic E-state index is -1.07. The molecule has 0 aliphatic rings. The zero-order valence-corrected chi connectivity index (χ0v) is 12.8. The Labute approximate surface area is 125 Å². The maximum absolute atomic E-state index is 10.6. The standard InChI is InChI=1S/C15H22ClNO3/c1-3-17(4-2)9-10-20-14-7-6-13(16)11-12(14)5-8-15(18)19/h6-7,11H,3-5,8-10H2,1-2H3,(H,18,19). The van der Waals surface area contributed by atoms with E-state index < -0.39 is 5.97 Å². The summed E-state index contributed by atoms with van der Waals surface area (Å²) in [6.45, 7) is 7.96. The Bertz CT molecular complexity index is 433. The summed E-state index contributed by atoms with van der Waals surface area (Å²) in [6, 6.07) is 5.30. The van der Waals surface area contributed by atoms with Crippen molar-refractivity contribution in [1.82, 2.24) is 0 Å². The van der Waals surface area contributed by atoms with Gasteiger partial charge in [-0.25, -0.2) is 0 Å². The average molecular weight is 300 g/mol. The van der Waals surface area contributed by atoms with Crippen molar-refractivity contribution in [2.24, 2.45) is 0 Å². The zero-order valence-electron chi connectivity index (χ0n) is 12.1. The largest absolute Gasteiger partial charge is 0.550 e. The van der Waals surface area contributed by atoms with Crippen LogP contribution in [-0.2, 0) is 11.2 Å². The molecule has 0 fully saturated rings. The molecule has 112 valence electrons. The van der Waals surface area contributed by atoms with E-state index in [2.05, 4.69) is 13.8 Å². The molecule has 0 atom stereocenters. The van der Waals surface area contributed by atoms with Gasteiger partial charge < -0.3 is 19.5 Å². The topological polar surface area (TPSA) is 53.8 Å². The average Bonchev–Trinajstić information content (AvgIpc) is 2.43.